The minimum absolute atomic E-state index is 0.000265. The second-order valence-electron chi connectivity index (χ2n) is 4.22. The third-order valence-corrected chi connectivity index (χ3v) is 5.54. The van der Waals surface area contributed by atoms with Crippen LogP contribution in [0.2, 0.25) is 0 Å². The Morgan fingerprint density at radius 1 is 1.47 bits per heavy atom. The van der Waals surface area contributed by atoms with Gasteiger partial charge in [-0.2, -0.15) is 0 Å². The number of hydrogen-bond acceptors (Lipinski definition) is 5. The molecule has 2 heterocycles. The maximum absolute atomic E-state index is 12.0. The Bertz CT molecular complexity index is 577. The highest BCUT2D eigenvalue weighted by Crippen LogP contribution is 2.54. The molecule has 0 amide bonds. The molecule has 1 fully saturated rings. The summed E-state index contributed by atoms with van der Waals surface area (Å²) in [6.07, 6.45) is -0.0894. The predicted molar refractivity (Wildman–Crippen MR) is 60.8 cm³/mol. The van der Waals surface area contributed by atoms with Gasteiger partial charge in [-0.05, 0) is 0 Å². The molecule has 0 radical (unpaired) electrons. The number of nitrogens with one attached hydrogen (secondary N) is 1. The van der Waals surface area contributed by atoms with Crippen LogP contribution in [0.5, 0.6) is 0 Å². The van der Waals surface area contributed by atoms with Crippen LogP contribution in [0.4, 0.5) is 0 Å². The van der Waals surface area contributed by atoms with Crippen molar-refractivity contribution in [3.8, 4) is 0 Å². The number of nitrogens with zero attached hydrogens (tertiary/aromatic N) is 1. The Kier molecular flexibility index (Phi) is 3.07. The largest absolute Gasteiger partial charge is 0.390 e. The lowest BCUT2D eigenvalue weighted by atomic mass is 10.2. The van der Waals surface area contributed by atoms with Gasteiger partial charge in [-0.25, -0.2) is 4.79 Å². The number of aromatic amines is 1. The molecule has 3 atom stereocenters. The van der Waals surface area contributed by atoms with Crippen molar-refractivity contribution in [1.82, 2.24) is 9.55 Å². The minimum atomic E-state index is -2.81. The fraction of sp³-hybridized carbons (Fsp3) is 0.556. The molecule has 0 spiro atoms. The zero-order valence-corrected chi connectivity index (χ0v) is 9.84. The van der Waals surface area contributed by atoms with Crippen molar-refractivity contribution >= 4 is 7.14 Å². The molecule has 8 heteroatoms. The Hall–Kier alpha value is -1.17. The van der Waals surface area contributed by atoms with Crippen molar-refractivity contribution in [1.29, 1.82) is 0 Å². The molecule has 0 aromatic carbocycles. The first-order valence-electron chi connectivity index (χ1n) is 5.13. The van der Waals surface area contributed by atoms with E-state index in [-0.39, 0.29) is 12.3 Å². The summed E-state index contributed by atoms with van der Waals surface area (Å²) in [4.78, 5) is 24.5. The van der Waals surface area contributed by atoms with Crippen molar-refractivity contribution in [2.45, 2.75) is 12.1 Å². The van der Waals surface area contributed by atoms with E-state index in [0.29, 0.717) is 0 Å². The van der Waals surface area contributed by atoms with Crippen LogP contribution in [0.25, 0.3) is 0 Å². The van der Waals surface area contributed by atoms with Crippen LogP contribution < -0.4 is 11.2 Å². The molecule has 1 saturated heterocycles. The van der Waals surface area contributed by atoms with E-state index in [1.807, 2.05) is 0 Å². The molecule has 1 aliphatic heterocycles. The predicted octanol–water partition coefficient (Wildman–Crippen LogP) is -1.23. The van der Waals surface area contributed by atoms with Crippen LogP contribution in [0.1, 0.15) is 6.04 Å². The molecule has 94 valence electrons. The van der Waals surface area contributed by atoms with Crippen molar-refractivity contribution in [2.75, 3.05) is 18.7 Å². The van der Waals surface area contributed by atoms with E-state index in [2.05, 4.69) is 4.98 Å². The summed E-state index contributed by atoms with van der Waals surface area (Å²) in [5.41, 5.74) is -1.17. The van der Waals surface area contributed by atoms with Crippen LogP contribution in [0.15, 0.2) is 21.9 Å². The Labute approximate surface area is 96.1 Å². The third kappa shape index (κ3) is 2.26. The van der Waals surface area contributed by atoms with Gasteiger partial charge in [0.1, 0.15) is 7.14 Å². The van der Waals surface area contributed by atoms with Gasteiger partial charge in [-0.1, -0.05) is 0 Å². The molecule has 1 aromatic heterocycles. The molecule has 7 nitrogen and oxygen atoms in total. The van der Waals surface area contributed by atoms with Gasteiger partial charge in [0.15, 0.2) is 0 Å². The fourth-order valence-corrected chi connectivity index (χ4v) is 4.48. The average molecular weight is 260 g/mol. The van der Waals surface area contributed by atoms with Gasteiger partial charge in [-0.15, -0.1) is 0 Å². The molecule has 0 unspecified atom stereocenters. The highest BCUT2D eigenvalue weighted by Gasteiger charge is 2.41. The van der Waals surface area contributed by atoms with Gasteiger partial charge in [-0.3, -0.25) is 14.3 Å². The van der Waals surface area contributed by atoms with Crippen molar-refractivity contribution < 1.29 is 14.8 Å². The molecule has 1 aromatic rings. The monoisotopic (exact) mass is 260 g/mol. The molecule has 0 aliphatic carbocycles. The summed E-state index contributed by atoms with van der Waals surface area (Å²) in [6.45, 7) is 0. The standard InChI is InChI=1S/C9H13N2O5P/c12-5-17(16)3-6(7(13)4-17)11-2-1-8(14)10-9(11)15/h1-2,6-7,12-13H,3-5H2,(H,10,14,15)/t6-,7-,17-/m0/s1. The second kappa shape index (κ2) is 4.25. The SMILES string of the molecule is O=c1ccn([C@H]2C[P@@](=O)(CO)C[C@@H]2O)c(=O)[nH]1. The second-order valence-corrected chi connectivity index (χ2v) is 7.35. The Balaban J connectivity index is 2.39. The number of aromatic nitrogens is 2. The normalized spacial score (nSPS) is 32.8. The summed E-state index contributed by atoms with van der Waals surface area (Å²) in [6, 6.07) is 0.508. The highest BCUT2D eigenvalue weighted by atomic mass is 31.2. The lowest BCUT2D eigenvalue weighted by molar-refractivity contribution is 0.150. The van der Waals surface area contributed by atoms with Crippen molar-refractivity contribution in [3.05, 3.63) is 33.1 Å². The van der Waals surface area contributed by atoms with Gasteiger partial charge in [0.25, 0.3) is 5.56 Å². The van der Waals surface area contributed by atoms with E-state index in [0.717, 1.165) is 10.6 Å². The summed E-state index contributed by atoms with van der Waals surface area (Å²) < 4.78 is 13.1. The van der Waals surface area contributed by atoms with Crippen molar-refractivity contribution in [3.63, 3.8) is 0 Å². The summed E-state index contributed by atoms with van der Waals surface area (Å²) in [7, 11) is -2.81. The van der Waals surface area contributed by atoms with Crippen LogP contribution in [0.3, 0.4) is 0 Å². The summed E-state index contributed by atoms with van der Waals surface area (Å²) in [5.74, 6) is 0. The van der Waals surface area contributed by atoms with Crippen LogP contribution in [-0.4, -0.2) is 44.5 Å². The first-order chi connectivity index (χ1) is 7.95. The van der Waals surface area contributed by atoms with E-state index >= 15 is 0 Å². The van der Waals surface area contributed by atoms with Gasteiger partial charge < -0.3 is 14.8 Å². The molecular weight excluding hydrogens is 247 g/mol. The van der Waals surface area contributed by atoms with Gasteiger partial charge >= 0.3 is 5.69 Å². The maximum atomic E-state index is 12.0. The quantitative estimate of drug-likeness (QED) is 0.576. The van der Waals surface area contributed by atoms with Gasteiger partial charge in [0.05, 0.1) is 18.5 Å². The number of hydrogen-bond donors (Lipinski definition) is 3. The van der Waals surface area contributed by atoms with Gasteiger partial charge in [0, 0.05) is 24.6 Å². The van der Waals surface area contributed by atoms with E-state index in [1.165, 1.54) is 6.20 Å². The van der Waals surface area contributed by atoms with E-state index < -0.39 is 36.9 Å². The smallest absolute Gasteiger partial charge is 0.328 e. The van der Waals surface area contributed by atoms with Gasteiger partial charge in [0.2, 0.25) is 0 Å². The topological polar surface area (TPSA) is 112 Å². The molecule has 3 N–H and O–H groups in total. The highest BCUT2D eigenvalue weighted by molar-refractivity contribution is 7.64. The zero-order valence-electron chi connectivity index (χ0n) is 8.94. The molecular formula is C9H13N2O5P. The lowest BCUT2D eigenvalue weighted by Crippen LogP contribution is -2.35. The molecule has 0 bridgehead atoms. The first-order valence-corrected chi connectivity index (χ1v) is 7.39. The maximum Gasteiger partial charge on any atom is 0.328 e. The summed E-state index contributed by atoms with van der Waals surface area (Å²) in [5, 5.41) is 18.8. The first kappa shape index (κ1) is 12.3. The van der Waals surface area contributed by atoms with Crippen LogP contribution in [-0.2, 0) is 4.57 Å². The zero-order chi connectivity index (χ0) is 12.6. The number of rotatable bonds is 2. The molecule has 1 aliphatic rings. The van der Waals surface area contributed by atoms with Crippen LogP contribution >= 0.6 is 7.14 Å². The minimum Gasteiger partial charge on any atom is -0.390 e. The third-order valence-electron chi connectivity index (χ3n) is 2.95. The number of H-pyrrole nitrogens is 1. The molecule has 17 heavy (non-hydrogen) atoms. The lowest BCUT2D eigenvalue weighted by Gasteiger charge is -2.15. The van der Waals surface area contributed by atoms with E-state index in [9.17, 15) is 19.3 Å². The molecule has 2 rings (SSSR count). The van der Waals surface area contributed by atoms with E-state index in [4.69, 9.17) is 5.11 Å². The number of aliphatic hydroxyl groups excluding tert-OH is 2. The van der Waals surface area contributed by atoms with E-state index in [1.54, 1.807) is 0 Å². The average Bonchev–Trinajstić information content (AvgIpc) is 2.55. The Morgan fingerprint density at radius 3 is 2.71 bits per heavy atom. The molecule has 0 saturated carbocycles. The van der Waals surface area contributed by atoms with Crippen molar-refractivity contribution in [2.24, 2.45) is 0 Å². The summed E-state index contributed by atoms with van der Waals surface area (Å²) >= 11 is 0. The van der Waals surface area contributed by atoms with Crippen LogP contribution in [0, 0.1) is 0 Å². The fourth-order valence-electron chi connectivity index (χ4n) is 2.08. The Morgan fingerprint density at radius 2 is 2.18 bits per heavy atom. The number of aliphatic hydroxyl groups is 2.